The maximum absolute atomic E-state index is 13.3. The van der Waals surface area contributed by atoms with Crippen molar-refractivity contribution in [2.24, 2.45) is 11.8 Å². The van der Waals surface area contributed by atoms with Gasteiger partial charge in [0.2, 0.25) is 5.91 Å². The van der Waals surface area contributed by atoms with Gasteiger partial charge in [0.1, 0.15) is 5.76 Å². The molecule has 30 heavy (non-hydrogen) atoms. The predicted octanol–water partition coefficient (Wildman–Crippen LogP) is 4.94. The average molecular weight is 410 g/mol. The van der Waals surface area contributed by atoms with Gasteiger partial charge >= 0.3 is 0 Å². The number of benzene rings is 2. The van der Waals surface area contributed by atoms with Crippen LogP contribution in [0.3, 0.4) is 0 Å². The smallest absolute Gasteiger partial charge is 0.224 e. The number of rotatable bonds is 11. The molecule has 5 nitrogen and oxygen atoms in total. The van der Waals surface area contributed by atoms with E-state index in [2.05, 4.69) is 29.6 Å². The number of fused-ring (bicyclic) bond motifs is 1. The third kappa shape index (κ3) is 5.49. The standard InChI is InChI=1S/C25H31NO4/c1-4-28-25(29-5-2)18(3)23(16-21-13-9-15-30-21)24(27)26-17-20-12-8-11-19-10-6-7-14-22(19)20/h6-15,18,23,25H,4-5,16-17H2,1-3H3,(H,26,27)/t18-,23?/m0/s1. The molecule has 1 unspecified atom stereocenters. The SMILES string of the molecule is CCOC(OCC)[C@@H](C)C(Cc1ccco1)C(=O)NCc1cccc2ccccc12. The highest BCUT2D eigenvalue weighted by molar-refractivity contribution is 5.86. The molecule has 0 aliphatic heterocycles. The fourth-order valence-corrected chi connectivity index (χ4v) is 3.79. The Hall–Kier alpha value is -2.63. The number of carbonyl (C=O) groups is 1. The van der Waals surface area contributed by atoms with E-state index in [1.54, 1.807) is 6.26 Å². The fraction of sp³-hybridized carbons (Fsp3) is 0.400. The lowest BCUT2D eigenvalue weighted by molar-refractivity contribution is -0.177. The summed E-state index contributed by atoms with van der Waals surface area (Å²) < 4.78 is 17.1. The van der Waals surface area contributed by atoms with Crippen molar-refractivity contribution in [3.63, 3.8) is 0 Å². The Morgan fingerprint density at radius 2 is 1.73 bits per heavy atom. The summed E-state index contributed by atoms with van der Waals surface area (Å²) in [7, 11) is 0. The van der Waals surface area contributed by atoms with Crippen LogP contribution in [-0.2, 0) is 27.2 Å². The summed E-state index contributed by atoms with van der Waals surface area (Å²) in [6.07, 6.45) is 1.68. The molecule has 0 radical (unpaired) electrons. The number of hydrogen-bond acceptors (Lipinski definition) is 4. The highest BCUT2D eigenvalue weighted by atomic mass is 16.7. The molecule has 160 valence electrons. The second-order valence-corrected chi connectivity index (χ2v) is 7.38. The van der Waals surface area contributed by atoms with E-state index in [9.17, 15) is 4.79 Å². The maximum Gasteiger partial charge on any atom is 0.224 e. The van der Waals surface area contributed by atoms with Gasteiger partial charge in [-0.25, -0.2) is 0 Å². The van der Waals surface area contributed by atoms with E-state index in [1.165, 1.54) is 0 Å². The monoisotopic (exact) mass is 409 g/mol. The van der Waals surface area contributed by atoms with E-state index >= 15 is 0 Å². The normalized spacial score (nSPS) is 13.5. The third-order valence-electron chi connectivity index (χ3n) is 5.40. The van der Waals surface area contributed by atoms with Crippen molar-refractivity contribution in [3.8, 4) is 0 Å². The molecule has 0 saturated heterocycles. The minimum atomic E-state index is -0.441. The Morgan fingerprint density at radius 3 is 2.43 bits per heavy atom. The molecule has 3 aromatic rings. The van der Waals surface area contributed by atoms with Crippen LogP contribution < -0.4 is 5.32 Å². The van der Waals surface area contributed by atoms with Gasteiger partial charge in [-0.15, -0.1) is 0 Å². The van der Waals surface area contributed by atoms with Crippen LogP contribution >= 0.6 is 0 Å². The second kappa shape index (κ2) is 11.0. The lowest BCUT2D eigenvalue weighted by Gasteiger charge is -2.29. The summed E-state index contributed by atoms with van der Waals surface area (Å²) in [4.78, 5) is 13.3. The maximum atomic E-state index is 13.3. The van der Waals surface area contributed by atoms with Crippen LogP contribution in [0.25, 0.3) is 10.8 Å². The Labute approximate surface area is 178 Å². The van der Waals surface area contributed by atoms with Crippen LogP contribution in [0.5, 0.6) is 0 Å². The molecule has 0 saturated carbocycles. The van der Waals surface area contributed by atoms with Crippen molar-refractivity contribution in [2.75, 3.05) is 13.2 Å². The van der Waals surface area contributed by atoms with Gasteiger partial charge in [0.25, 0.3) is 0 Å². The molecular formula is C25H31NO4. The lowest BCUT2D eigenvalue weighted by Crippen LogP contribution is -2.41. The summed E-state index contributed by atoms with van der Waals surface area (Å²) in [5, 5.41) is 5.45. The lowest BCUT2D eigenvalue weighted by atomic mass is 9.88. The van der Waals surface area contributed by atoms with Crippen LogP contribution in [0.1, 0.15) is 32.1 Å². The number of ether oxygens (including phenoxy) is 2. The average Bonchev–Trinajstić information content (AvgIpc) is 3.28. The molecule has 1 heterocycles. The van der Waals surface area contributed by atoms with Gasteiger partial charge in [0.15, 0.2) is 6.29 Å². The van der Waals surface area contributed by atoms with Crippen molar-refractivity contribution >= 4 is 16.7 Å². The van der Waals surface area contributed by atoms with Gasteiger partial charge < -0.3 is 19.2 Å². The number of furan rings is 1. The highest BCUT2D eigenvalue weighted by Gasteiger charge is 2.33. The van der Waals surface area contributed by atoms with Crippen molar-refractivity contribution in [3.05, 3.63) is 72.2 Å². The van der Waals surface area contributed by atoms with Gasteiger partial charge in [0, 0.05) is 32.1 Å². The summed E-state index contributed by atoms with van der Waals surface area (Å²) in [5.74, 6) is 0.270. The first kappa shape index (κ1) is 22.1. The Balaban J connectivity index is 1.77. The van der Waals surface area contributed by atoms with E-state index < -0.39 is 6.29 Å². The summed E-state index contributed by atoms with van der Waals surface area (Å²) >= 11 is 0. The van der Waals surface area contributed by atoms with E-state index in [0.717, 1.165) is 22.1 Å². The zero-order valence-electron chi connectivity index (χ0n) is 18.0. The van der Waals surface area contributed by atoms with Crippen LogP contribution in [0, 0.1) is 11.8 Å². The molecule has 5 heteroatoms. The van der Waals surface area contributed by atoms with E-state index in [0.29, 0.717) is 26.2 Å². The van der Waals surface area contributed by atoms with Crippen molar-refractivity contribution in [1.82, 2.24) is 5.32 Å². The van der Waals surface area contributed by atoms with Crippen molar-refractivity contribution < 1.29 is 18.7 Å². The quantitative estimate of drug-likeness (QED) is 0.456. The summed E-state index contributed by atoms with van der Waals surface area (Å²) in [6.45, 7) is 7.39. The Kier molecular flexibility index (Phi) is 8.05. The zero-order chi connectivity index (χ0) is 21.3. The second-order valence-electron chi connectivity index (χ2n) is 7.38. The number of amides is 1. The minimum Gasteiger partial charge on any atom is -0.469 e. The van der Waals surface area contributed by atoms with Crippen LogP contribution in [0.4, 0.5) is 0 Å². The molecule has 0 bridgehead atoms. The van der Waals surface area contributed by atoms with Crippen LogP contribution in [-0.4, -0.2) is 25.4 Å². The molecule has 0 aliphatic carbocycles. The van der Waals surface area contributed by atoms with E-state index in [-0.39, 0.29) is 17.7 Å². The number of hydrogen-bond donors (Lipinski definition) is 1. The molecule has 2 aromatic carbocycles. The van der Waals surface area contributed by atoms with E-state index in [4.69, 9.17) is 13.9 Å². The Bertz CT molecular complexity index is 911. The molecule has 1 N–H and O–H groups in total. The van der Waals surface area contributed by atoms with Gasteiger partial charge in [-0.2, -0.15) is 0 Å². The van der Waals surface area contributed by atoms with Gasteiger partial charge in [-0.05, 0) is 42.3 Å². The Morgan fingerprint density at radius 1 is 1.00 bits per heavy atom. The fourth-order valence-electron chi connectivity index (χ4n) is 3.79. The summed E-state index contributed by atoms with van der Waals surface area (Å²) in [5.41, 5.74) is 1.09. The van der Waals surface area contributed by atoms with E-state index in [1.807, 2.05) is 51.1 Å². The topological polar surface area (TPSA) is 60.7 Å². The molecule has 0 fully saturated rings. The van der Waals surface area contributed by atoms with Crippen LogP contribution in [0.15, 0.2) is 65.3 Å². The molecule has 1 amide bonds. The molecule has 0 aliphatic rings. The molecule has 0 spiro atoms. The molecule has 2 atom stereocenters. The summed E-state index contributed by atoms with van der Waals surface area (Å²) in [6, 6.07) is 18.1. The largest absolute Gasteiger partial charge is 0.469 e. The third-order valence-corrected chi connectivity index (χ3v) is 5.40. The molecule has 3 rings (SSSR count). The zero-order valence-corrected chi connectivity index (χ0v) is 18.0. The predicted molar refractivity (Wildman–Crippen MR) is 118 cm³/mol. The van der Waals surface area contributed by atoms with Gasteiger partial charge in [0.05, 0.1) is 12.2 Å². The minimum absolute atomic E-state index is 0.0313. The first-order valence-corrected chi connectivity index (χ1v) is 10.6. The van der Waals surface area contributed by atoms with Crippen molar-refractivity contribution in [2.45, 2.75) is 40.0 Å². The highest BCUT2D eigenvalue weighted by Crippen LogP contribution is 2.25. The number of nitrogens with one attached hydrogen (secondary N) is 1. The first-order valence-electron chi connectivity index (χ1n) is 10.6. The number of carbonyl (C=O) groups excluding carboxylic acids is 1. The first-order chi connectivity index (χ1) is 14.6. The van der Waals surface area contributed by atoms with Crippen molar-refractivity contribution in [1.29, 1.82) is 0 Å². The molecule has 1 aromatic heterocycles. The molecular weight excluding hydrogens is 378 g/mol. The van der Waals surface area contributed by atoms with Gasteiger partial charge in [-0.3, -0.25) is 4.79 Å². The van der Waals surface area contributed by atoms with Gasteiger partial charge in [-0.1, -0.05) is 49.4 Å². The van der Waals surface area contributed by atoms with Crippen LogP contribution in [0.2, 0.25) is 0 Å².